The lowest BCUT2D eigenvalue weighted by molar-refractivity contribution is 0.102. The molecule has 4 aromatic rings. The van der Waals surface area contributed by atoms with Gasteiger partial charge in [-0.1, -0.05) is 36.0 Å². The average Bonchev–Trinajstić information content (AvgIpc) is 3.50. The Morgan fingerprint density at radius 3 is 2.81 bits per heavy atom. The summed E-state index contributed by atoms with van der Waals surface area (Å²) in [5.74, 6) is -1.01. The summed E-state index contributed by atoms with van der Waals surface area (Å²) in [7, 11) is 0. The summed E-state index contributed by atoms with van der Waals surface area (Å²) in [6, 6.07) is 5.86. The molecule has 11 nitrogen and oxygen atoms in total. The maximum Gasteiger partial charge on any atom is 0.272 e. The van der Waals surface area contributed by atoms with Crippen LogP contribution in [0.15, 0.2) is 82.3 Å². The van der Waals surface area contributed by atoms with E-state index in [1.165, 1.54) is 30.7 Å². The number of hydrogen-bond donors (Lipinski definition) is 3. The predicted octanol–water partition coefficient (Wildman–Crippen LogP) is 3.81. The van der Waals surface area contributed by atoms with E-state index in [0.717, 1.165) is 0 Å². The number of nitrogen functional groups attached to an aromatic ring is 1. The molecule has 0 aliphatic carbocycles. The largest absolute Gasteiger partial charge is 0.382 e. The Bertz CT molecular complexity index is 1580. The fourth-order valence-corrected chi connectivity index (χ4v) is 3.52. The van der Waals surface area contributed by atoms with Crippen molar-refractivity contribution in [3.63, 3.8) is 0 Å². The second kappa shape index (κ2) is 10.6. The SMILES string of the molecule is C=C(F)/C(=C\C=C/C)Cn1nc(-c2ncc(NC(=O)c3cccc(=O)[nH]3)c(N)n2)c(C)c1-c1ccon1. The highest BCUT2D eigenvalue weighted by Crippen LogP contribution is 2.31. The first-order valence-corrected chi connectivity index (χ1v) is 11.1. The van der Waals surface area contributed by atoms with E-state index in [9.17, 15) is 14.0 Å². The normalized spacial score (nSPS) is 11.7. The van der Waals surface area contributed by atoms with Crippen molar-refractivity contribution in [3.8, 4) is 22.9 Å². The number of anilines is 2. The summed E-state index contributed by atoms with van der Waals surface area (Å²) in [6.45, 7) is 7.09. The van der Waals surface area contributed by atoms with Gasteiger partial charge in [0.05, 0.1) is 18.4 Å². The highest BCUT2D eigenvalue weighted by Gasteiger charge is 2.23. The molecule has 4 aromatic heterocycles. The van der Waals surface area contributed by atoms with E-state index < -0.39 is 17.3 Å². The molecule has 37 heavy (non-hydrogen) atoms. The van der Waals surface area contributed by atoms with Gasteiger partial charge in [0.15, 0.2) is 11.6 Å². The minimum atomic E-state index is -0.598. The Morgan fingerprint density at radius 2 is 2.16 bits per heavy atom. The maximum atomic E-state index is 14.2. The van der Waals surface area contributed by atoms with Crippen LogP contribution in [0.2, 0.25) is 0 Å². The Kier molecular flexibility index (Phi) is 7.19. The standard InChI is InChI=1S/C25H23FN8O3/c1-4-5-7-16(15(3)26)13-34-22(17-10-11-37-33-17)14(2)21(32-34)24-28-12-19(23(27)31-24)30-25(36)18-8-6-9-20(35)29-18/h4-12H,3,13H2,1-2H3,(H,29,35)(H,30,36)(H2,27,28,31)/b5-4-,16-7-. The lowest BCUT2D eigenvalue weighted by Crippen LogP contribution is -2.19. The zero-order chi connectivity index (χ0) is 26.5. The number of pyridine rings is 1. The number of rotatable bonds is 8. The molecule has 0 fully saturated rings. The van der Waals surface area contributed by atoms with Gasteiger partial charge in [-0.25, -0.2) is 14.4 Å². The predicted molar refractivity (Wildman–Crippen MR) is 136 cm³/mol. The molecule has 0 bridgehead atoms. The first-order chi connectivity index (χ1) is 17.8. The third-order valence-corrected chi connectivity index (χ3v) is 5.32. The van der Waals surface area contributed by atoms with Crippen LogP contribution in [0.25, 0.3) is 22.9 Å². The molecule has 12 heteroatoms. The molecule has 0 unspecified atom stereocenters. The summed E-state index contributed by atoms with van der Waals surface area (Å²) in [5, 5.41) is 11.2. The number of nitrogens with one attached hydrogen (secondary N) is 2. The zero-order valence-corrected chi connectivity index (χ0v) is 20.0. The smallest absolute Gasteiger partial charge is 0.272 e. The molecule has 0 spiro atoms. The number of carbonyl (C=O) groups excluding carboxylic acids is 1. The minimum absolute atomic E-state index is 0.0145. The Morgan fingerprint density at radius 1 is 1.35 bits per heavy atom. The van der Waals surface area contributed by atoms with Gasteiger partial charge in [0.2, 0.25) is 5.56 Å². The van der Waals surface area contributed by atoms with Crippen LogP contribution < -0.4 is 16.6 Å². The van der Waals surface area contributed by atoms with Crippen molar-refractivity contribution in [3.05, 3.63) is 94.5 Å². The molecule has 4 rings (SSSR count). The molecule has 0 saturated heterocycles. The minimum Gasteiger partial charge on any atom is -0.382 e. The third kappa shape index (κ3) is 5.42. The van der Waals surface area contributed by atoms with Crippen molar-refractivity contribution in [1.82, 2.24) is 29.9 Å². The number of H-pyrrole nitrogens is 1. The van der Waals surface area contributed by atoms with Crippen LogP contribution in [-0.2, 0) is 6.54 Å². The van der Waals surface area contributed by atoms with Gasteiger partial charge < -0.3 is 20.6 Å². The number of nitrogens with two attached hydrogens (primary N) is 1. The Hall–Kier alpha value is -5.13. The number of hydrogen-bond acceptors (Lipinski definition) is 8. The van der Waals surface area contributed by atoms with Gasteiger partial charge in [-0.2, -0.15) is 5.10 Å². The van der Waals surface area contributed by atoms with Gasteiger partial charge in [-0.05, 0) is 19.9 Å². The molecule has 0 saturated carbocycles. The first-order valence-electron chi connectivity index (χ1n) is 11.1. The van der Waals surface area contributed by atoms with Crippen molar-refractivity contribution in [1.29, 1.82) is 0 Å². The van der Waals surface area contributed by atoms with Gasteiger partial charge >= 0.3 is 0 Å². The van der Waals surface area contributed by atoms with E-state index >= 15 is 0 Å². The maximum absolute atomic E-state index is 14.2. The molecule has 0 aromatic carbocycles. The van der Waals surface area contributed by atoms with Crippen molar-refractivity contribution in [2.75, 3.05) is 11.1 Å². The lowest BCUT2D eigenvalue weighted by atomic mass is 10.1. The topological polar surface area (TPSA) is 158 Å². The molecule has 1 amide bonds. The van der Waals surface area contributed by atoms with Gasteiger partial charge in [-0.15, -0.1) is 0 Å². The number of nitrogens with zero attached hydrogens (tertiary/aromatic N) is 5. The molecule has 0 atom stereocenters. The summed E-state index contributed by atoms with van der Waals surface area (Å²) >= 11 is 0. The van der Waals surface area contributed by atoms with Gasteiger partial charge in [-0.3, -0.25) is 14.3 Å². The van der Waals surface area contributed by atoms with Gasteiger partial charge in [0.1, 0.15) is 34.9 Å². The van der Waals surface area contributed by atoms with Crippen LogP contribution in [0.5, 0.6) is 0 Å². The summed E-state index contributed by atoms with van der Waals surface area (Å²) in [6.07, 6.45) is 7.84. The summed E-state index contributed by atoms with van der Waals surface area (Å²) in [4.78, 5) is 35.0. The summed E-state index contributed by atoms with van der Waals surface area (Å²) in [5.41, 5.74) is 8.30. The zero-order valence-electron chi connectivity index (χ0n) is 20.0. The quantitative estimate of drug-likeness (QED) is 0.307. The number of amides is 1. The molecular formula is C25H23FN8O3. The number of aromatic amines is 1. The van der Waals surface area contributed by atoms with Crippen LogP contribution in [0.3, 0.4) is 0 Å². The number of allylic oxidation sites excluding steroid dienone is 5. The molecule has 0 radical (unpaired) electrons. The average molecular weight is 503 g/mol. The van der Waals surface area contributed by atoms with Gasteiger partial charge in [0, 0.05) is 23.3 Å². The van der Waals surface area contributed by atoms with Crippen molar-refractivity contribution in [2.45, 2.75) is 20.4 Å². The first kappa shape index (κ1) is 25.0. The molecule has 4 heterocycles. The van der Waals surface area contributed by atoms with E-state index in [-0.39, 0.29) is 29.6 Å². The molecule has 188 valence electrons. The molecule has 0 aliphatic rings. The van der Waals surface area contributed by atoms with Crippen LogP contribution in [0.4, 0.5) is 15.9 Å². The van der Waals surface area contributed by atoms with Gasteiger partial charge in [0.25, 0.3) is 5.91 Å². The third-order valence-electron chi connectivity index (χ3n) is 5.32. The highest BCUT2D eigenvalue weighted by atomic mass is 19.1. The number of aromatic nitrogens is 6. The van der Waals surface area contributed by atoms with E-state index in [1.54, 1.807) is 35.9 Å². The van der Waals surface area contributed by atoms with Crippen LogP contribution in [-0.4, -0.2) is 35.8 Å². The van der Waals surface area contributed by atoms with Crippen molar-refractivity contribution >= 4 is 17.4 Å². The second-order valence-electron chi connectivity index (χ2n) is 7.86. The van der Waals surface area contributed by atoms with Crippen LogP contribution >= 0.6 is 0 Å². The number of carbonyl (C=O) groups is 1. The van der Waals surface area contributed by atoms with E-state index in [0.29, 0.717) is 28.2 Å². The fraction of sp³-hybridized carbons (Fsp3) is 0.120. The Balaban J connectivity index is 1.71. The highest BCUT2D eigenvalue weighted by molar-refractivity contribution is 6.04. The van der Waals surface area contributed by atoms with Crippen molar-refractivity contribution in [2.24, 2.45) is 0 Å². The van der Waals surface area contributed by atoms with Crippen LogP contribution in [0.1, 0.15) is 23.0 Å². The van der Waals surface area contributed by atoms with E-state index in [2.05, 4.69) is 37.1 Å². The molecule has 4 N–H and O–H groups in total. The monoisotopic (exact) mass is 502 g/mol. The van der Waals surface area contributed by atoms with Crippen LogP contribution in [0, 0.1) is 6.92 Å². The van der Waals surface area contributed by atoms with Crippen molar-refractivity contribution < 1.29 is 13.7 Å². The summed E-state index contributed by atoms with van der Waals surface area (Å²) < 4.78 is 20.7. The molecular weight excluding hydrogens is 479 g/mol. The van der Waals surface area contributed by atoms with E-state index in [1.807, 2.05) is 6.92 Å². The second-order valence-corrected chi connectivity index (χ2v) is 7.86. The number of halogens is 1. The fourth-order valence-electron chi connectivity index (χ4n) is 3.52. The lowest BCUT2D eigenvalue weighted by Gasteiger charge is -2.08. The molecule has 0 aliphatic heterocycles. The van der Waals surface area contributed by atoms with E-state index in [4.69, 9.17) is 10.3 Å². The Labute approximate surface area is 210 Å².